The molecule has 0 saturated carbocycles. The number of benzene rings is 1. The predicted octanol–water partition coefficient (Wildman–Crippen LogP) is 2.16. The molecule has 2 N–H and O–H groups in total. The third-order valence-corrected chi connectivity index (χ3v) is 6.06. The highest BCUT2D eigenvalue weighted by Crippen LogP contribution is 2.29. The largest absolute Gasteiger partial charge is 0.480 e. The Morgan fingerprint density at radius 3 is 2.48 bits per heavy atom. The van der Waals surface area contributed by atoms with E-state index in [0.29, 0.717) is 30.9 Å². The predicted molar refractivity (Wildman–Crippen MR) is 101 cm³/mol. The fourth-order valence-electron chi connectivity index (χ4n) is 3.35. The van der Waals surface area contributed by atoms with Gasteiger partial charge in [0.25, 0.3) is 17.7 Å². The molecule has 0 radical (unpaired) electrons. The van der Waals surface area contributed by atoms with E-state index in [1.54, 1.807) is 11.8 Å². The average molecular weight is 390 g/mol. The van der Waals surface area contributed by atoms with Gasteiger partial charge in [-0.15, -0.1) is 0 Å². The number of rotatable bonds is 6. The molecule has 144 valence electrons. The van der Waals surface area contributed by atoms with Crippen LogP contribution in [0.1, 0.15) is 63.7 Å². The number of carbonyl (C=O) groups is 4. The van der Waals surface area contributed by atoms with Crippen LogP contribution in [0.15, 0.2) is 18.2 Å². The lowest BCUT2D eigenvalue weighted by Crippen LogP contribution is -2.56. The molecule has 0 aromatic heterocycles. The van der Waals surface area contributed by atoms with Crippen molar-refractivity contribution >= 4 is 35.5 Å². The molecule has 3 amide bonds. The molecule has 2 aliphatic heterocycles. The van der Waals surface area contributed by atoms with Crippen molar-refractivity contribution in [3.63, 3.8) is 0 Å². The van der Waals surface area contributed by atoms with E-state index < -0.39 is 23.3 Å². The van der Waals surface area contributed by atoms with Gasteiger partial charge in [0.2, 0.25) is 0 Å². The molecule has 7 nitrogen and oxygen atoms in total. The van der Waals surface area contributed by atoms with Crippen LogP contribution in [0.5, 0.6) is 0 Å². The van der Waals surface area contributed by atoms with Crippen molar-refractivity contribution in [1.29, 1.82) is 0 Å². The molecule has 8 heteroatoms. The molecule has 1 fully saturated rings. The standard InChI is InChI=1S/C19H22N2O5S/c1-2-3-8-21-16(23)13-5-4-12(11-14(13)17(21)24)15(22)20-19(18(25)26)6-9-27-10-7-19/h4-5,11H,2-3,6-10H2,1H3,(H,20,22)(H,25,26). The second kappa shape index (κ2) is 7.72. The van der Waals surface area contributed by atoms with E-state index in [2.05, 4.69) is 5.32 Å². The van der Waals surface area contributed by atoms with Crippen molar-refractivity contribution in [1.82, 2.24) is 10.2 Å². The number of nitrogens with one attached hydrogen (secondary N) is 1. The number of imide groups is 1. The topological polar surface area (TPSA) is 104 Å². The van der Waals surface area contributed by atoms with E-state index in [1.807, 2.05) is 6.92 Å². The zero-order chi connectivity index (χ0) is 19.6. The molecular weight excluding hydrogens is 368 g/mol. The molecular formula is C19H22N2O5S. The van der Waals surface area contributed by atoms with Gasteiger partial charge in [-0.2, -0.15) is 11.8 Å². The first-order valence-corrected chi connectivity index (χ1v) is 10.2. The fourth-order valence-corrected chi connectivity index (χ4v) is 4.54. The maximum Gasteiger partial charge on any atom is 0.329 e. The van der Waals surface area contributed by atoms with E-state index in [9.17, 15) is 24.3 Å². The third-order valence-electron chi connectivity index (χ3n) is 5.08. The summed E-state index contributed by atoms with van der Waals surface area (Å²) in [5, 5.41) is 12.3. The van der Waals surface area contributed by atoms with Crippen molar-refractivity contribution < 1.29 is 24.3 Å². The van der Waals surface area contributed by atoms with Gasteiger partial charge < -0.3 is 10.4 Å². The number of fused-ring (bicyclic) bond motifs is 1. The molecule has 0 spiro atoms. The number of aliphatic carboxylic acids is 1. The Morgan fingerprint density at radius 1 is 1.19 bits per heavy atom. The van der Waals surface area contributed by atoms with Crippen LogP contribution in [-0.2, 0) is 4.79 Å². The van der Waals surface area contributed by atoms with Crippen LogP contribution in [0, 0.1) is 0 Å². The van der Waals surface area contributed by atoms with Crippen LogP contribution in [0.25, 0.3) is 0 Å². The van der Waals surface area contributed by atoms with Crippen LogP contribution >= 0.6 is 11.8 Å². The highest BCUT2D eigenvalue weighted by molar-refractivity contribution is 7.99. The molecule has 1 saturated heterocycles. The van der Waals surface area contributed by atoms with Crippen molar-refractivity contribution in [2.75, 3.05) is 18.1 Å². The number of hydrogen-bond acceptors (Lipinski definition) is 5. The van der Waals surface area contributed by atoms with Crippen molar-refractivity contribution in [3.8, 4) is 0 Å². The Labute approximate surface area is 161 Å². The van der Waals surface area contributed by atoms with Crippen molar-refractivity contribution in [2.24, 2.45) is 0 Å². The summed E-state index contributed by atoms with van der Waals surface area (Å²) >= 11 is 1.66. The van der Waals surface area contributed by atoms with Gasteiger partial charge >= 0.3 is 5.97 Å². The van der Waals surface area contributed by atoms with Gasteiger partial charge in [0, 0.05) is 12.1 Å². The van der Waals surface area contributed by atoms with Gasteiger partial charge in [-0.3, -0.25) is 19.3 Å². The Morgan fingerprint density at radius 2 is 1.85 bits per heavy atom. The Bertz CT molecular complexity index is 801. The lowest BCUT2D eigenvalue weighted by Gasteiger charge is -2.33. The van der Waals surface area contributed by atoms with Crippen LogP contribution in [-0.4, -0.2) is 57.3 Å². The maximum absolute atomic E-state index is 12.7. The smallest absolute Gasteiger partial charge is 0.329 e. The minimum absolute atomic E-state index is 0.186. The van der Waals surface area contributed by atoms with Gasteiger partial charge in [0.15, 0.2) is 0 Å². The third kappa shape index (κ3) is 3.58. The lowest BCUT2D eigenvalue weighted by atomic mass is 9.91. The van der Waals surface area contributed by atoms with E-state index in [0.717, 1.165) is 12.8 Å². The molecule has 1 aromatic rings. The van der Waals surface area contributed by atoms with Crippen molar-refractivity contribution in [2.45, 2.75) is 38.1 Å². The molecule has 0 atom stereocenters. The Hall–Kier alpha value is -2.35. The highest BCUT2D eigenvalue weighted by Gasteiger charge is 2.42. The Kier molecular flexibility index (Phi) is 5.55. The molecule has 0 unspecified atom stereocenters. The first-order valence-electron chi connectivity index (χ1n) is 9.03. The lowest BCUT2D eigenvalue weighted by molar-refractivity contribution is -0.144. The summed E-state index contributed by atoms with van der Waals surface area (Å²) in [5.41, 5.74) is -0.609. The first kappa shape index (κ1) is 19.4. The molecule has 2 heterocycles. The van der Waals surface area contributed by atoms with Gasteiger partial charge in [-0.05, 0) is 49.0 Å². The number of unbranched alkanes of at least 4 members (excludes halogenated alkanes) is 1. The van der Waals surface area contributed by atoms with Crippen LogP contribution in [0.4, 0.5) is 0 Å². The quantitative estimate of drug-likeness (QED) is 0.722. The summed E-state index contributed by atoms with van der Waals surface area (Å²) in [5.74, 6) is -1.01. The molecule has 27 heavy (non-hydrogen) atoms. The highest BCUT2D eigenvalue weighted by atomic mass is 32.2. The van der Waals surface area contributed by atoms with E-state index >= 15 is 0 Å². The second-order valence-electron chi connectivity index (χ2n) is 6.83. The number of carboxylic acid groups (broad SMARTS) is 1. The zero-order valence-corrected chi connectivity index (χ0v) is 15.9. The number of carbonyl (C=O) groups excluding carboxylic acids is 3. The first-order chi connectivity index (χ1) is 12.9. The van der Waals surface area contributed by atoms with E-state index in [4.69, 9.17) is 0 Å². The SMILES string of the molecule is CCCCN1C(=O)c2ccc(C(=O)NC3(C(=O)O)CCSCC3)cc2C1=O. The summed E-state index contributed by atoms with van der Waals surface area (Å²) in [6.07, 6.45) is 2.28. The molecule has 3 rings (SSSR count). The average Bonchev–Trinajstić information content (AvgIpc) is 2.90. The summed E-state index contributed by atoms with van der Waals surface area (Å²) in [6, 6.07) is 4.33. The molecule has 0 aliphatic carbocycles. The molecule has 2 aliphatic rings. The van der Waals surface area contributed by atoms with Gasteiger partial charge in [-0.1, -0.05) is 13.3 Å². The second-order valence-corrected chi connectivity index (χ2v) is 8.05. The van der Waals surface area contributed by atoms with Gasteiger partial charge in [0.1, 0.15) is 5.54 Å². The summed E-state index contributed by atoms with van der Waals surface area (Å²) in [6.45, 7) is 2.33. The number of thioether (sulfide) groups is 1. The fraction of sp³-hybridized carbons (Fsp3) is 0.474. The summed E-state index contributed by atoms with van der Waals surface area (Å²) in [4.78, 5) is 50.5. The van der Waals surface area contributed by atoms with Crippen molar-refractivity contribution in [3.05, 3.63) is 34.9 Å². The van der Waals surface area contributed by atoms with Gasteiger partial charge in [0.05, 0.1) is 11.1 Å². The monoisotopic (exact) mass is 390 g/mol. The number of hydrogen-bond donors (Lipinski definition) is 2. The van der Waals surface area contributed by atoms with Crippen LogP contribution in [0.3, 0.4) is 0 Å². The van der Waals surface area contributed by atoms with E-state index in [-0.39, 0.29) is 22.6 Å². The minimum Gasteiger partial charge on any atom is -0.480 e. The zero-order valence-electron chi connectivity index (χ0n) is 15.1. The normalized spacial score (nSPS) is 18.3. The maximum atomic E-state index is 12.7. The molecule has 1 aromatic carbocycles. The molecule has 0 bridgehead atoms. The number of amides is 3. The number of nitrogens with zero attached hydrogens (tertiary/aromatic N) is 1. The summed E-state index contributed by atoms with van der Waals surface area (Å²) < 4.78 is 0. The Balaban J connectivity index is 1.82. The summed E-state index contributed by atoms with van der Waals surface area (Å²) in [7, 11) is 0. The van der Waals surface area contributed by atoms with Crippen LogP contribution < -0.4 is 5.32 Å². The minimum atomic E-state index is -1.28. The number of carboxylic acids is 1. The van der Waals surface area contributed by atoms with Gasteiger partial charge in [-0.25, -0.2) is 4.79 Å². The van der Waals surface area contributed by atoms with Crippen LogP contribution in [0.2, 0.25) is 0 Å². The van der Waals surface area contributed by atoms with E-state index in [1.165, 1.54) is 23.1 Å².